The number of thiophene rings is 1. The van der Waals surface area contributed by atoms with Gasteiger partial charge in [0.05, 0.1) is 0 Å². The molecule has 0 aliphatic carbocycles. The number of aliphatic carboxylic acids is 1. The van der Waals surface area contributed by atoms with Crippen molar-refractivity contribution in [1.29, 1.82) is 0 Å². The molecule has 1 aromatic heterocycles. The van der Waals surface area contributed by atoms with E-state index >= 15 is 0 Å². The van der Waals surface area contributed by atoms with Gasteiger partial charge in [0.1, 0.15) is 12.4 Å². The summed E-state index contributed by atoms with van der Waals surface area (Å²) in [5.74, 6) is -0.0954. The van der Waals surface area contributed by atoms with Crippen molar-refractivity contribution >= 4 is 23.4 Å². The van der Waals surface area contributed by atoms with Crippen molar-refractivity contribution in [2.45, 2.75) is 13.5 Å². The Kier molecular flexibility index (Phi) is 4.36. The molecule has 0 bridgehead atoms. The van der Waals surface area contributed by atoms with E-state index in [9.17, 15) is 4.79 Å². The number of carbonyl (C=O) groups is 1. The van der Waals surface area contributed by atoms with Gasteiger partial charge in [-0.3, -0.25) is 0 Å². The van der Waals surface area contributed by atoms with Gasteiger partial charge in [-0.2, -0.15) is 0 Å². The zero-order valence-electron chi connectivity index (χ0n) is 10.5. The van der Waals surface area contributed by atoms with E-state index in [-0.39, 0.29) is 0 Å². The third kappa shape index (κ3) is 4.26. The number of hydrogen-bond donors (Lipinski definition) is 1. The molecule has 2 rings (SSSR count). The molecule has 0 unspecified atom stereocenters. The molecule has 1 heterocycles. The van der Waals surface area contributed by atoms with Gasteiger partial charge < -0.3 is 9.84 Å². The molecule has 4 heteroatoms. The van der Waals surface area contributed by atoms with Crippen molar-refractivity contribution in [2.24, 2.45) is 0 Å². The molecule has 0 saturated heterocycles. The summed E-state index contributed by atoms with van der Waals surface area (Å²) >= 11 is 1.52. The van der Waals surface area contributed by atoms with Crippen LogP contribution in [0.4, 0.5) is 0 Å². The van der Waals surface area contributed by atoms with E-state index in [0.29, 0.717) is 6.61 Å². The summed E-state index contributed by atoms with van der Waals surface area (Å²) in [6.45, 7) is 2.52. The quantitative estimate of drug-likeness (QED) is 0.845. The molecule has 3 nitrogen and oxygen atoms in total. The normalized spacial score (nSPS) is 10.8. The highest BCUT2D eigenvalue weighted by Gasteiger charge is 2.00. The number of ether oxygens (including phenoxy) is 1. The first-order valence-corrected chi connectivity index (χ1v) is 6.64. The predicted octanol–water partition coefficient (Wildman–Crippen LogP) is 3.73. The average molecular weight is 274 g/mol. The maximum Gasteiger partial charge on any atom is 0.328 e. The SMILES string of the molecule is Cc1cccc(OCc2ccc(C=CC(=O)O)s2)c1. The van der Waals surface area contributed by atoms with Crippen molar-refractivity contribution in [3.63, 3.8) is 0 Å². The van der Waals surface area contributed by atoms with Crippen LogP contribution in [0.3, 0.4) is 0 Å². The van der Waals surface area contributed by atoms with Gasteiger partial charge in [-0.25, -0.2) is 4.79 Å². The molecular weight excluding hydrogens is 260 g/mol. The summed E-state index contributed by atoms with van der Waals surface area (Å²) < 4.78 is 5.68. The topological polar surface area (TPSA) is 46.5 Å². The summed E-state index contributed by atoms with van der Waals surface area (Å²) in [4.78, 5) is 12.4. The Morgan fingerprint density at radius 3 is 2.95 bits per heavy atom. The van der Waals surface area contributed by atoms with Crippen LogP contribution < -0.4 is 4.74 Å². The molecule has 0 radical (unpaired) electrons. The third-order valence-electron chi connectivity index (χ3n) is 2.44. The minimum Gasteiger partial charge on any atom is -0.488 e. The van der Waals surface area contributed by atoms with Crippen LogP contribution in [-0.2, 0) is 11.4 Å². The van der Waals surface area contributed by atoms with E-state index in [4.69, 9.17) is 9.84 Å². The monoisotopic (exact) mass is 274 g/mol. The van der Waals surface area contributed by atoms with Crippen LogP contribution in [0.1, 0.15) is 15.3 Å². The first kappa shape index (κ1) is 13.4. The smallest absolute Gasteiger partial charge is 0.328 e. The Labute approximate surface area is 115 Å². The zero-order valence-corrected chi connectivity index (χ0v) is 11.3. The maximum absolute atomic E-state index is 10.4. The number of benzene rings is 1. The van der Waals surface area contributed by atoms with Gasteiger partial charge in [-0.1, -0.05) is 12.1 Å². The largest absolute Gasteiger partial charge is 0.488 e. The van der Waals surface area contributed by atoms with Crippen molar-refractivity contribution in [3.8, 4) is 5.75 Å². The van der Waals surface area contributed by atoms with Crippen LogP contribution in [0.15, 0.2) is 42.5 Å². The Morgan fingerprint density at radius 2 is 2.21 bits per heavy atom. The number of carboxylic acid groups (broad SMARTS) is 1. The summed E-state index contributed by atoms with van der Waals surface area (Å²) in [7, 11) is 0. The van der Waals surface area contributed by atoms with E-state index in [0.717, 1.165) is 27.1 Å². The Balaban J connectivity index is 1.95. The number of aryl methyl sites for hydroxylation is 1. The van der Waals surface area contributed by atoms with Crippen molar-refractivity contribution in [2.75, 3.05) is 0 Å². The number of carboxylic acids is 1. The molecule has 0 atom stereocenters. The molecule has 0 amide bonds. The number of hydrogen-bond acceptors (Lipinski definition) is 3. The second kappa shape index (κ2) is 6.20. The molecule has 0 spiro atoms. The molecule has 1 N–H and O–H groups in total. The van der Waals surface area contributed by atoms with Crippen LogP contribution in [0, 0.1) is 6.92 Å². The van der Waals surface area contributed by atoms with Crippen LogP contribution >= 0.6 is 11.3 Å². The lowest BCUT2D eigenvalue weighted by Crippen LogP contribution is -1.92. The standard InChI is InChI=1S/C15H14O3S/c1-11-3-2-4-12(9-11)18-10-14-6-5-13(19-14)7-8-15(16)17/h2-9H,10H2,1H3,(H,16,17). The average Bonchev–Trinajstić information content (AvgIpc) is 2.82. The van der Waals surface area contributed by atoms with Crippen molar-refractivity contribution in [1.82, 2.24) is 0 Å². The fourth-order valence-corrected chi connectivity index (χ4v) is 2.40. The molecule has 1 aromatic carbocycles. The van der Waals surface area contributed by atoms with Gasteiger partial charge in [0.15, 0.2) is 0 Å². The summed E-state index contributed by atoms with van der Waals surface area (Å²) in [6.07, 6.45) is 2.72. The van der Waals surface area contributed by atoms with Crippen molar-refractivity contribution < 1.29 is 14.6 Å². The van der Waals surface area contributed by atoms with Gasteiger partial charge in [-0.15, -0.1) is 11.3 Å². The first-order chi connectivity index (χ1) is 9.13. The summed E-state index contributed by atoms with van der Waals surface area (Å²) in [5.41, 5.74) is 1.16. The Hall–Kier alpha value is -2.07. The molecule has 0 saturated carbocycles. The van der Waals surface area contributed by atoms with E-state index in [1.165, 1.54) is 11.3 Å². The highest BCUT2D eigenvalue weighted by Crippen LogP contribution is 2.20. The molecule has 0 fully saturated rings. The Bertz CT molecular complexity index is 599. The molecule has 19 heavy (non-hydrogen) atoms. The first-order valence-electron chi connectivity index (χ1n) is 5.83. The molecule has 0 aliphatic heterocycles. The van der Waals surface area contributed by atoms with E-state index in [1.807, 2.05) is 43.3 Å². The Morgan fingerprint density at radius 1 is 1.37 bits per heavy atom. The van der Waals surface area contributed by atoms with Gasteiger partial charge in [0.25, 0.3) is 0 Å². The van der Waals surface area contributed by atoms with Gasteiger partial charge in [0.2, 0.25) is 0 Å². The molecule has 2 aromatic rings. The maximum atomic E-state index is 10.4. The fraction of sp³-hybridized carbons (Fsp3) is 0.133. The lowest BCUT2D eigenvalue weighted by Gasteiger charge is -2.04. The minimum absolute atomic E-state index is 0.495. The van der Waals surface area contributed by atoms with Crippen LogP contribution in [0.2, 0.25) is 0 Å². The van der Waals surface area contributed by atoms with E-state index < -0.39 is 5.97 Å². The minimum atomic E-state index is -0.939. The fourth-order valence-electron chi connectivity index (χ4n) is 1.57. The number of rotatable bonds is 5. The highest BCUT2D eigenvalue weighted by atomic mass is 32.1. The predicted molar refractivity (Wildman–Crippen MR) is 76.5 cm³/mol. The summed E-state index contributed by atoms with van der Waals surface area (Å²) in [6, 6.07) is 11.7. The highest BCUT2D eigenvalue weighted by molar-refractivity contribution is 7.12. The van der Waals surface area contributed by atoms with E-state index in [2.05, 4.69) is 0 Å². The van der Waals surface area contributed by atoms with Gasteiger partial charge in [0, 0.05) is 15.8 Å². The van der Waals surface area contributed by atoms with Crippen LogP contribution in [0.25, 0.3) is 6.08 Å². The molecular formula is C15H14O3S. The second-order valence-electron chi connectivity index (χ2n) is 4.08. The van der Waals surface area contributed by atoms with Crippen molar-refractivity contribution in [3.05, 3.63) is 57.8 Å². The lowest BCUT2D eigenvalue weighted by molar-refractivity contribution is -0.131. The van der Waals surface area contributed by atoms with Crippen LogP contribution in [0.5, 0.6) is 5.75 Å². The second-order valence-corrected chi connectivity index (χ2v) is 5.28. The van der Waals surface area contributed by atoms with Crippen LogP contribution in [-0.4, -0.2) is 11.1 Å². The molecule has 0 aliphatic rings. The van der Waals surface area contributed by atoms with Gasteiger partial charge in [-0.05, 0) is 42.8 Å². The lowest BCUT2D eigenvalue weighted by atomic mass is 10.2. The molecule has 98 valence electrons. The summed E-state index contributed by atoms with van der Waals surface area (Å²) in [5, 5.41) is 8.55. The van der Waals surface area contributed by atoms with Gasteiger partial charge >= 0.3 is 5.97 Å². The third-order valence-corrected chi connectivity index (χ3v) is 3.47. The van der Waals surface area contributed by atoms with E-state index in [1.54, 1.807) is 6.08 Å². The zero-order chi connectivity index (χ0) is 13.7.